The fourth-order valence-corrected chi connectivity index (χ4v) is 3.47. The van der Waals surface area contributed by atoms with Crippen molar-refractivity contribution < 1.29 is 23.7 Å². The summed E-state index contributed by atoms with van der Waals surface area (Å²) in [5, 5.41) is 3.34. The number of benzene rings is 2. The average molecular weight is 381 g/mol. The van der Waals surface area contributed by atoms with Crippen molar-refractivity contribution in [2.75, 3.05) is 34.0 Å². The number of allylic oxidation sites excluding steroid dienone is 1. The van der Waals surface area contributed by atoms with E-state index in [9.17, 15) is 4.79 Å². The molecule has 0 radical (unpaired) electrons. The largest absolute Gasteiger partial charge is 0.493 e. The maximum atomic E-state index is 12.9. The smallest absolute Gasteiger partial charge is 0.188 e. The topological polar surface area (TPSA) is 66.0 Å². The molecule has 2 aromatic carbocycles. The van der Waals surface area contributed by atoms with Crippen molar-refractivity contribution in [2.24, 2.45) is 0 Å². The fraction of sp³-hybridized carbons (Fsp3) is 0.318. The molecule has 2 aliphatic rings. The number of hydrogen-bond donors (Lipinski definition) is 1. The number of methoxy groups -OCH3 is 2. The molecule has 0 amide bonds. The predicted molar refractivity (Wildman–Crippen MR) is 106 cm³/mol. The van der Waals surface area contributed by atoms with Gasteiger partial charge in [0.05, 0.1) is 27.4 Å². The third kappa shape index (κ3) is 3.50. The molecule has 6 nitrogen and oxygen atoms in total. The Morgan fingerprint density at radius 1 is 1.04 bits per heavy atom. The molecule has 0 fully saturated rings. The first-order chi connectivity index (χ1) is 13.7. The van der Waals surface area contributed by atoms with Crippen LogP contribution in [0, 0.1) is 0 Å². The number of rotatable bonds is 4. The molecular weight excluding hydrogens is 358 g/mol. The second kappa shape index (κ2) is 7.84. The maximum absolute atomic E-state index is 12.9. The van der Waals surface area contributed by atoms with Gasteiger partial charge in [0, 0.05) is 35.9 Å². The van der Waals surface area contributed by atoms with E-state index < -0.39 is 0 Å². The van der Waals surface area contributed by atoms with Crippen LogP contribution < -0.4 is 24.3 Å². The fourth-order valence-electron chi connectivity index (χ4n) is 3.47. The molecule has 0 aromatic heterocycles. The van der Waals surface area contributed by atoms with E-state index in [1.165, 1.54) is 0 Å². The molecule has 0 saturated carbocycles. The summed E-state index contributed by atoms with van der Waals surface area (Å²) in [6, 6.07) is 9.16. The predicted octanol–water partition coefficient (Wildman–Crippen LogP) is 3.23. The molecule has 0 atom stereocenters. The molecule has 0 bridgehead atoms. The lowest BCUT2D eigenvalue weighted by atomic mass is 9.95. The molecule has 0 saturated heterocycles. The molecule has 6 heteroatoms. The van der Waals surface area contributed by atoms with Crippen LogP contribution in [0.15, 0.2) is 36.4 Å². The Kier molecular flexibility index (Phi) is 5.10. The molecule has 28 heavy (non-hydrogen) atoms. The standard InChI is InChI=1S/C22H23NO5/c1-25-19-5-4-15(11-20(19)26-2)18(24)13-17-16-12-22-21(27-8-3-9-28-22)10-14(16)6-7-23-17/h4-5,10-13,23H,3,6-9H2,1-2H3/b17-13-. The summed E-state index contributed by atoms with van der Waals surface area (Å²) in [5.41, 5.74) is 3.45. The number of carbonyl (C=O) groups excluding carboxylic acids is 1. The molecule has 0 spiro atoms. The lowest BCUT2D eigenvalue weighted by Gasteiger charge is -2.23. The van der Waals surface area contributed by atoms with Crippen LogP contribution in [0.5, 0.6) is 23.0 Å². The van der Waals surface area contributed by atoms with E-state index in [1.807, 2.05) is 12.1 Å². The van der Waals surface area contributed by atoms with Gasteiger partial charge in [-0.05, 0) is 42.3 Å². The van der Waals surface area contributed by atoms with Gasteiger partial charge in [-0.3, -0.25) is 4.79 Å². The van der Waals surface area contributed by atoms with E-state index in [4.69, 9.17) is 18.9 Å². The number of fused-ring (bicyclic) bond motifs is 2. The van der Waals surface area contributed by atoms with Crippen molar-refractivity contribution in [1.82, 2.24) is 5.32 Å². The van der Waals surface area contributed by atoms with Gasteiger partial charge in [-0.1, -0.05) is 0 Å². The van der Waals surface area contributed by atoms with Crippen molar-refractivity contribution >= 4 is 11.5 Å². The zero-order chi connectivity index (χ0) is 19.5. The molecule has 1 N–H and O–H groups in total. The van der Waals surface area contributed by atoms with Gasteiger partial charge in [0.2, 0.25) is 0 Å². The molecule has 0 unspecified atom stereocenters. The van der Waals surface area contributed by atoms with Gasteiger partial charge in [-0.15, -0.1) is 0 Å². The minimum absolute atomic E-state index is 0.108. The molecule has 2 aromatic rings. The Morgan fingerprint density at radius 2 is 1.79 bits per heavy atom. The Labute approximate surface area is 164 Å². The van der Waals surface area contributed by atoms with Gasteiger partial charge >= 0.3 is 0 Å². The van der Waals surface area contributed by atoms with Crippen LogP contribution >= 0.6 is 0 Å². The minimum atomic E-state index is -0.108. The molecule has 4 rings (SSSR count). The van der Waals surface area contributed by atoms with E-state index >= 15 is 0 Å². The zero-order valence-electron chi connectivity index (χ0n) is 16.0. The minimum Gasteiger partial charge on any atom is -0.493 e. The van der Waals surface area contributed by atoms with Crippen LogP contribution in [0.1, 0.15) is 27.9 Å². The van der Waals surface area contributed by atoms with Crippen LogP contribution in [0.2, 0.25) is 0 Å². The van der Waals surface area contributed by atoms with Crippen LogP contribution in [0.4, 0.5) is 0 Å². The summed E-state index contributed by atoms with van der Waals surface area (Å²) in [7, 11) is 3.12. The third-order valence-corrected chi connectivity index (χ3v) is 4.92. The first kappa shape index (κ1) is 18.2. The van der Waals surface area contributed by atoms with Crippen LogP contribution in [0.3, 0.4) is 0 Å². The third-order valence-electron chi connectivity index (χ3n) is 4.92. The normalized spacial score (nSPS) is 16.6. The number of carbonyl (C=O) groups is 1. The molecule has 2 heterocycles. The Hall–Kier alpha value is -3.15. The SMILES string of the molecule is COc1ccc(C(=O)/C=C2\NCCc3cc4c(cc32)OCCCO4)cc1OC. The quantitative estimate of drug-likeness (QED) is 0.648. The Morgan fingerprint density at radius 3 is 2.54 bits per heavy atom. The van der Waals surface area contributed by atoms with Crippen LogP contribution in [-0.2, 0) is 6.42 Å². The number of nitrogens with one attached hydrogen (secondary N) is 1. The highest BCUT2D eigenvalue weighted by atomic mass is 16.5. The highest BCUT2D eigenvalue weighted by Crippen LogP contribution is 2.36. The summed E-state index contributed by atoms with van der Waals surface area (Å²) in [5.74, 6) is 2.52. The van der Waals surface area contributed by atoms with E-state index in [0.29, 0.717) is 30.3 Å². The van der Waals surface area contributed by atoms with Crippen molar-refractivity contribution in [3.8, 4) is 23.0 Å². The van der Waals surface area contributed by atoms with Crippen molar-refractivity contribution in [3.05, 3.63) is 53.1 Å². The highest BCUT2D eigenvalue weighted by molar-refractivity contribution is 6.09. The first-order valence-corrected chi connectivity index (χ1v) is 9.34. The summed E-state index contributed by atoms with van der Waals surface area (Å²) >= 11 is 0. The molecule has 0 aliphatic carbocycles. The molecular formula is C22H23NO5. The monoisotopic (exact) mass is 381 g/mol. The van der Waals surface area contributed by atoms with Gasteiger partial charge in [0.25, 0.3) is 0 Å². The van der Waals surface area contributed by atoms with Gasteiger partial charge in [0.15, 0.2) is 28.8 Å². The summed E-state index contributed by atoms with van der Waals surface area (Å²) < 4.78 is 22.1. The maximum Gasteiger partial charge on any atom is 0.188 e. The Balaban J connectivity index is 1.68. The van der Waals surface area contributed by atoms with Crippen LogP contribution in [0.25, 0.3) is 5.70 Å². The summed E-state index contributed by atoms with van der Waals surface area (Å²) in [6.45, 7) is 2.05. The number of hydrogen-bond acceptors (Lipinski definition) is 6. The summed E-state index contributed by atoms with van der Waals surface area (Å²) in [6.07, 6.45) is 3.36. The van der Waals surface area contributed by atoms with Gasteiger partial charge in [-0.25, -0.2) is 0 Å². The van der Waals surface area contributed by atoms with Crippen LogP contribution in [-0.4, -0.2) is 39.8 Å². The first-order valence-electron chi connectivity index (χ1n) is 9.34. The number of ketones is 1. The van der Waals surface area contributed by atoms with Crippen molar-refractivity contribution in [3.63, 3.8) is 0 Å². The lowest BCUT2D eigenvalue weighted by molar-refractivity contribution is 0.104. The van der Waals surface area contributed by atoms with Crippen molar-refractivity contribution in [2.45, 2.75) is 12.8 Å². The average Bonchev–Trinajstić information content (AvgIpc) is 2.96. The molecule has 146 valence electrons. The van der Waals surface area contributed by atoms with Gasteiger partial charge in [-0.2, -0.15) is 0 Å². The van der Waals surface area contributed by atoms with Gasteiger partial charge < -0.3 is 24.3 Å². The van der Waals surface area contributed by atoms with E-state index in [0.717, 1.165) is 47.7 Å². The highest BCUT2D eigenvalue weighted by Gasteiger charge is 2.21. The lowest BCUT2D eigenvalue weighted by Crippen LogP contribution is -2.23. The van der Waals surface area contributed by atoms with E-state index in [-0.39, 0.29) is 5.78 Å². The van der Waals surface area contributed by atoms with Crippen molar-refractivity contribution in [1.29, 1.82) is 0 Å². The second-order valence-electron chi connectivity index (χ2n) is 6.68. The van der Waals surface area contributed by atoms with Gasteiger partial charge in [0.1, 0.15) is 0 Å². The molecule has 2 aliphatic heterocycles. The van der Waals surface area contributed by atoms with E-state index in [1.54, 1.807) is 38.5 Å². The number of ether oxygens (including phenoxy) is 4. The Bertz CT molecular complexity index is 935. The zero-order valence-corrected chi connectivity index (χ0v) is 16.0. The van der Waals surface area contributed by atoms with E-state index in [2.05, 4.69) is 5.32 Å². The summed E-state index contributed by atoms with van der Waals surface area (Å²) in [4.78, 5) is 12.9. The second-order valence-corrected chi connectivity index (χ2v) is 6.68.